The van der Waals surface area contributed by atoms with E-state index in [4.69, 9.17) is 0 Å². The Balaban J connectivity index is 1.77. The van der Waals surface area contributed by atoms with Crippen molar-refractivity contribution in [1.29, 1.82) is 0 Å². The van der Waals surface area contributed by atoms with Crippen molar-refractivity contribution < 1.29 is 9.18 Å². The van der Waals surface area contributed by atoms with Crippen LogP contribution in [-0.4, -0.2) is 35.5 Å². The van der Waals surface area contributed by atoms with Crippen molar-refractivity contribution in [1.82, 2.24) is 15.2 Å². The third-order valence-electron chi connectivity index (χ3n) is 3.72. The molecule has 2 rings (SSSR count). The lowest BCUT2D eigenvalue weighted by molar-refractivity contribution is 0.201. The fourth-order valence-electron chi connectivity index (χ4n) is 2.33. The first kappa shape index (κ1) is 16.9. The van der Waals surface area contributed by atoms with Crippen LogP contribution in [0.15, 0.2) is 48.8 Å². The Morgan fingerprint density at radius 1 is 1.17 bits per heavy atom. The van der Waals surface area contributed by atoms with Crippen molar-refractivity contribution in [3.05, 3.63) is 65.7 Å². The summed E-state index contributed by atoms with van der Waals surface area (Å²) in [6, 6.07) is 10.4. The molecule has 1 aromatic carbocycles. The predicted octanol–water partition coefficient (Wildman–Crippen LogP) is 3.04. The molecule has 1 aromatic heterocycles. The molecule has 4 nitrogen and oxygen atoms in total. The molecule has 23 heavy (non-hydrogen) atoms. The van der Waals surface area contributed by atoms with Gasteiger partial charge in [0, 0.05) is 32.0 Å². The van der Waals surface area contributed by atoms with E-state index in [0.29, 0.717) is 31.6 Å². The maximum Gasteiger partial charge on any atom is 0.317 e. The number of nitrogens with zero attached hydrogens (tertiary/aromatic N) is 2. The summed E-state index contributed by atoms with van der Waals surface area (Å²) < 4.78 is 13.5. The molecule has 0 radical (unpaired) electrons. The maximum absolute atomic E-state index is 13.5. The quantitative estimate of drug-likeness (QED) is 0.853. The molecule has 0 fully saturated rings. The minimum Gasteiger partial charge on any atom is -0.338 e. The number of aromatic nitrogens is 1. The van der Waals surface area contributed by atoms with Gasteiger partial charge in [0.15, 0.2) is 0 Å². The summed E-state index contributed by atoms with van der Waals surface area (Å²) in [7, 11) is 0. The number of likely N-dealkylation sites (N-methyl/N-ethyl adjacent to an activating group) is 1. The summed E-state index contributed by atoms with van der Waals surface area (Å²) in [4.78, 5) is 17.9. The molecule has 1 heterocycles. The zero-order valence-corrected chi connectivity index (χ0v) is 13.3. The summed E-state index contributed by atoms with van der Waals surface area (Å²) in [5, 5.41) is 2.85. The second kappa shape index (κ2) is 8.88. The Kier molecular flexibility index (Phi) is 6.54. The van der Waals surface area contributed by atoms with E-state index >= 15 is 0 Å². The fourth-order valence-corrected chi connectivity index (χ4v) is 2.33. The normalized spacial score (nSPS) is 10.3. The Bertz CT molecular complexity index is 619. The van der Waals surface area contributed by atoms with Gasteiger partial charge in [-0.15, -0.1) is 0 Å². The average molecular weight is 315 g/mol. The number of urea groups is 1. The Hall–Kier alpha value is -2.43. The van der Waals surface area contributed by atoms with Crippen LogP contribution >= 0.6 is 0 Å². The SMILES string of the molecule is CCN(CCc1ccncc1)C(=O)NCCc1ccccc1F. The Labute approximate surface area is 136 Å². The minimum atomic E-state index is -0.230. The molecule has 0 aliphatic heterocycles. The highest BCUT2D eigenvalue weighted by Crippen LogP contribution is 2.06. The van der Waals surface area contributed by atoms with Crippen molar-refractivity contribution >= 4 is 6.03 Å². The molecule has 0 saturated heterocycles. The summed E-state index contributed by atoms with van der Waals surface area (Å²) in [6.45, 7) is 3.65. The highest BCUT2D eigenvalue weighted by Gasteiger charge is 2.11. The number of benzene rings is 1. The second-order valence-corrected chi connectivity index (χ2v) is 5.26. The van der Waals surface area contributed by atoms with E-state index in [2.05, 4.69) is 10.3 Å². The molecule has 5 heteroatoms. The first-order valence-corrected chi connectivity index (χ1v) is 7.85. The fraction of sp³-hybridized carbons (Fsp3) is 0.333. The van der Waals surface area contributed by atoms with Gasteiger partial charge >= 0.3 is 6.03 Å². The first-order chi connectivity index (χ1) is 11.2. The summed E-state index contributed by atoms with van der Waals surface area (Å²) in [5.41, 5.74) is 1.77. The van der Waals surface area contributed by atoms with Gasteiger partial charge in [-0.3, -0.25) is 4.98 Å². The lowest BCUT2D eigenvalue weighted by Gasteiger charge is -2.21. The van der Waals surface area contributed by atoms with Gasteiger partial charge in [0.25, 0.3) is 0 Å². The van der Waals surface area contributed by atoms with Crippen LogP contribution in [0.1, 0.15) is 18.1 Å². The molecule has 0 unspecified atom stereocenters. The van der Waals surface area contributed by atoms with Gasteiger partial charge in [0.2, 0.25) is 0 Å². The van der Waals surface area contributed by atoms with E-state index in [1.807, 2.05) is 19.1 Å². The van der Waals surface area contributed by atoms with E-state index in [1.54, 1.807) is 35.5 Å². The molecule has 2 aromatic rings. The van der Waals surface area contributed by atoms with E-state index in [9.17, 15) is 9.18 Å². The van der Waals surface area contributed by atoms with Crippen LogP contribution in [0.4, 0.5) is 9.18 Å². The largest absolute Gasteiger partial charge is 0.338 e. The second-order valence-electron chi connectivity index (χ2n) is 5.26. The number of carbonyl (C=O) groups excluding carboxylic acids is 1. The third-order valence-corrected chi connectivity index (χ3v) is 3.72. The van der Waals surface area contributed by atoms with E-state index in [-0.39, 0.29) is 11.8 Å². The predicted molar refractivity (Wildman–Crippen MR) is 88.7 cm³/mol. The van der Waals surface area contributed by atoms with Crippen LogP contribution < -0.4 is 5.32 Å². The summed E-state index contributed by atoms with van der Waals surface area (Å²) in [5.74, 6) is -0.230. The molecule has 1 N–H and O–H groups in total. The number of rotatable bonds is 7. The lowest BCUT2D eigenvalue weighted by atomic mass is 10.1. The highest BCUT2D eigenvalue weighted by molar-refractivity contribution is 5.74. The third kappa shape index (κ3) is 5.36. The number of halogens is 1. The number of pyridine rings is 1. The first-order valence-electron chi connectivity index (χ1n) is 7.85. The van der Waals surface area contributed by atoms with Crippen molar-refractivity contribution in [2.45, 2.75) is 19.8 Å². The lowest BCUT2D eigenvalue weighted by Crippen LogP contribution is -2.41. The Morgan fingerprint density at radius 2 is 1.91 bits per heavy atom. The zero-order valence-electron chi connectivity index (χ0n) is 13.3. The van der Waals surface area contributed by atoms with Crippen LogP contribution in [0.2, 0.25) is 0 Å². The molecule has 0 aliphatic carbocycles. The van der Waals surface area contributed by atoms with Crippen molar-refractivity contribution in [3.8, 4) is 0 Å². The standard InChI is InChI=1S/C18H22FN3O/c1-2-22(14-10-15-7-11-20-12-8-15)18(23)21-13-9-16-5-3-4-6-17(16)19/h3-8,11-12H,2,9-10,13-14H2,1H3,(H,21,23). The number of amides is 2. The highest BCUT2D eigenvalue weighted by atomic mass is 19.1. The molecular weight excluding hydrogens is 293 g/mol. The number of carbonyl (C=O) groups is 1. The Morgan fingerprint density at radius 3 is 2.61 bits per heavy atom. The maximum atomic E-state index is 13.5. The van der Waals surface area contributed by atoms with Crippen LogP contribution in [-0.2, 0) is 12.8 Å². The zero-order chi connectivity index (χ0) is 16.5. The van der Waals surface area contributed by atoms with E-state index < -0.39 is 0 Å². The molecule has 2 amide bonds. The smallest absolute Gasteiger partial charge is 0.317 e. The van der Waals surface area contributed by atoms with Crippen molar-refractivity contribution in [2.75, 3.05) is 19.6 Å². The molecule has 0 atom stereocenters. The van der Waals surface area contributed by atoms with Gasteiger partial charge in [-0.05, 0) is 49.1 Å². The monoisotopic (exact) mass is 315 g/mol. The summed E-state index contributed by atoms with van der Waals surface area (Å²) >= 11 is 0. The van der Waals surface area contributed by atoms with Crippen LogP contribution in [0.5, 0.6) is 0 Å². The van der Waals surface area contributed by atoms with Gasteiger partial charge in [-0.1, -0.05) is 18.2 Å². The molecular formula is C18H22FN3O. The van der Waals surface area contributed by atoms with E-state index in [1.165, 1.54) is 6.07 Å². The van der Waals surface area contributed by atoms with Gasteiger partial charge in [-0.25, -0.2) is 9.18 Å². The van der Waals surface area contributed by atoms with Gasteiger partial charge in [-0.2, -0.15) is 0 Å². The van der Waals surface area contributed by atoms with Gasteiger partial charge in [0.1, 0.15) is 5.82 Å². The molecule has 0 saturated carbocycles. The van der Waals surface area contributed by atoms with Crippen molar-refractivity contribution in [3.63, 3.8) is 0 Å². The molecule has 0 aliphatic rings. The number of hydrogen-bond acceptors (Lipinski definition) is 2. The average Bonchev–Trinajstić information content (AvgIpc) is 2.58. The number of nitrogens with one attached hydrogen (secondary N) is 1. The van der Waals surface area contributed by atoms with Crippen LogP contribution in [0, 0.1) is 5.82 Å². The number of hydrogen-bond donors (Lipinski definition) is 1. The molecule has 0 spiro atoms. The minimum absolute atomic E-state index is 0.113. The van der Waals surface area contributed by atoms with Crippen molar-refractivity contribution in [2.24, 2.45) is 0 Å². The van der Waals surface area contributed by atoms with Gasteiger partial charge in [0.05, 0.1) is 0 Å². The topological polar surface area (TPSA) is 45.2 Å². The van der Waals surface area contributed by atoms with Crippen LogP contribution in [0.3, 0.4) is 0 Å². The van der Waals surface area contributed by atoms with E-state index in [0.717, 1.165) is 12.0 Å². The summed E-state index contributed by atoms with van der Waals surface area (Å²) in [6.07, 6.45) is 4.78. The van der Waals surface area contributed by atoms with Gasteiger partial charge < -0.3 is 10.2 Å². The molecule has 0 bridgehead atoms. The molecule has 122 valence electrons. The van der Waals surface area contributed by atoms with Crippen LogP contribution in [0.25, 0.3) is 0 Å².